The largest absolute Gasteiger partial charge is 0.486 e. The van der Waals surface area contributed by atoms with Crippen LogP contribution in [0.15, 0.2) is 28.8 Å². The van der Waals surface area contributed by atoms with E-state index in [0.29, 0.717) is 6.61 Å². The van der Waals surface area contributed by atoms with E-state index in [2.05, 4.69) is 19.9 Å². The van der Waals surface area contributed by atoms with Gasteiger partial charge in [0, 0.05) is 18.5 Å². The molecule has 0 atom stereocenters. The van der Waals surface area contributed by atoms with Crippen molar-refractivity contribution in [3.8, 4) is 16.9 Å². The zero-order chi connectivity index (χ0) is 15.8. The van der Waals surface area contributed by atoms with Crippen molar-refractivity contribution in [1.82, 2.24) is 19.9 Å². The normalized spacial score (nSPS) is 13.3. The minimum atomic E-state index is 0.442. The van der Waals surface area contributed by atoms with Crippen molar-refractivity contribution < 1.29 is 9.26 Å². The van der Waals surface area contributed by atoms with Gasteiger partial charge in [-0.05, 0) is 38.0 Å². The summed E-state index contributed by atoms with van der Waals surface area (Å²) in [6.07, 6.45) is 2.16. The van der Waals surface area contributed by atoms with E-state index in [1.807, 2.05) is 38.1 Å². The summed E-state index contributed by atoms with van der Waals surface area (Å²) in [6, 6.07) is 7.97. The highest BCUT2D eigenvalue weighted by Crippen LogP contribution is 2.28. The first-order valence-electron chi connectivity index (χ1n) is 7.79. The summed E-state index contributed by atoms with van der Waals surface area (Å²) in [4.78, 5) is 0. The molecule has 0 N–H and O–H groups in total. The van der Waals surface area contributed by atoms with Gasteiger partial charge in [0.05, 0.1) is 5.69 Å². The third-order valence-electron chi connectivity index (χ3n) is 4.23. The number of benzene rings is 1. The smallest absolute Gasteiger partial charge is 0.171 e. The maximum Gasteiger partial charge on any atom is 0.171 e. The van der Waals surface area contributed by atoms with Crippen LogP contribution in [-0.2, 0) is 19.6 Å². The number of fused-ring (bicyclic) bond motifs is 1. The second-order valence-electron chi connectivity index (χ2n) is 5.80. The van der Waals surface area contributed by atoms with Gasteiger partial charge in [0.25, 0.3) is 0 Å². The van der Waals surface area contributed by atoms with Crippen LogP contribution in [0, 0.1) is 13.8 Å². The molecule has 1 aromatic carbocycles. The first-order valence-corrected chi connectivity index (χ1v) is 7.79. The highest BCUT2D eigenvalue weighted by molar-refractivity contribution is 5.68. The third kappa shape index (κ3) is 2.50. The molecule has 0 bridgehead atoms. The molecule has 0 fully saturated rings. The molecule has 1 aliphatic rings. The molecule has 6 heteroatoms. The van der Waals surface area contributed by atoms with E-state index in [4.69, 9.17) is 9.26 Å². The van der Waals surface area contributed by atoms with Crippen LogP contribution in [0.1, 0.15) is 29.5 Å². The molecule has 0 saturated heterocycles. The van der Waals surface area contributed by atoms with Crippen LogP contribution in [0.25, 0.3) is 11.1 Å². The van der Waals surface area contributed by atoms with Gasteiger partial charge in [-0.3, -0.25) is 0 Å². The number of rotatable bonds is 4. The molecule has 0 saturated carbocycles. The van der Waals surface area contributed by atoms with Crippen LogP contribution in [0.5, 0.6) is 5.75 Å². The molecule has 0 amide bonds. The van der Waals surface area contributed by atoms with Crippen LogP contribution in [0.3, 0.4) is 0 Å². The summed E-state index contributed by atoms with van der Waals surface area (Å²) in [5.74, 6) is 3.61. The number of nitrogens with zero attached hydrogens (tertiary/aromatic N) is 4. The molecule has 23 heavy (non-hydrogen) atoms. The van der Waals surface area contributed by atoms with Crippen molar-refractivity contribution in [2.45, 2.75) is 39.8 Å². The molecule has 0 aliphatic carbocycles. The van der Waals surface area contributed by atoms with E-state index >= 15 is 0 Å². The van der Waals surface area contributed by atoms with Gasteiger partial charge in [0.15, 0.2) is 5.82 Å². The predicted octanol–water partition coefficient (Wildman–Crippen LogP) is 3.08. The summed E-state index contributed by atoms with van der Waals surface area (Å²) >= 11 is 0. The zero-order valence-electron chi connectivity index (χ0n) is 13.2. The first-order chi connectivity index (χ1) is 11.2. The van der Waals surface area contributed by atoms with Crippen molar-refractivity contribution in [1.29, 1.82) is 0 Å². The second-order valence-corrected chi connectivity index (χ2v) is 5.80. The molecular formula is C17H18N4O2. The Hall–Kier alpha value is -2.63. The van der Waals surface area contributed by atoms with Gasteiger partial charge in [-0.25, -0.2) is 0 Å². The van der Waals surface area contributed by atoms with Crippen LogP contribution >= 0.6 is 0 Å². The molecule has 0 spiro atoms. The Morgan fingerprint density at radius 3 is 2.74 bits per heavy atom. The lowest BCUT2D eigenvalue weighted by Gasteiger charge is -2.07. The summed E-state index contributed by atoms with van der Waals surface area (Å²) in [6.45, 7) is 5.30. The van der Waals surface area contributed by atoms with Crippen molar-refractivity contribution in [2.24, 2.45) is 0 Å². The number of aromatic nitrogens is 4. The lowest BCUT2D eigenvalue weighted by atomic mass is 10.0. The minimum absolute atomic E-state index is 0.442. The average Bonchev–Trinajstić information content (AvgIpc) is 3.23. The molecule has 3 aromatic rings. The molecule has 118 valence electrons. The molecule has 0 unspecified atom stereocenters. The molecule has 2 aromatic heterocycles. The van der Waals surface area contributed by atoms with E-state index < -0.39 is 0 Å². The standard InChI is InChI=1S/C17H18N4O2/c1-11-17(12(2)23-20-11)13-5-7-14(8-6-13)22-10-16-19-18-15-4-3-9-21(15)16/h5-8H,3-4,9-10H2,1-2H3. The van der Waals surface area contributed by atoms with Gasteiger partial charge in [0.2, 0.25) is 0 Å². The van der Waals surface area contributed by atoms with Gasteiger partial charge in [-0.2, -0.15) is 0 Å². The Kier molecular flexibility index (Phi) is 3.37. The van der Waals surface area contributed by atoms with Crippen LogP contribution in [0.2, 0.25) is 0 Å². The Morgan fingerprint density at radius 2 is 2.00 bits per heavy atom. The maximum atomic E-state index is 5.85. The second kappa shape index (κ2) is 5.53. The Labute approximate surface area is 134 Å². The summed E-state index contributed by atoms with van der Waals surface area (Å²) in [5, 5.41) is 12.4. The fraction of sp³-hybridized carbons (Fsp3) is 0.353. The summed E-state index contributed by atoms with van der Waals surface area (Å²) < 4.78 is 13.2. The molecule has 4 rings (SSSR count). The number of ether oxygens (including phenoxy) is 1. The quantitative estimate of drug-likeness (QED) is 0.741. The average molecular weight is 310 g/mol. The molecule has 6 nitrogen and oxygen atoms in total. The summed E-state index contributed by atoms with van der Waals surface area (Å²) in [7, 11) is 0. The number of hydrogen-bond acceptors (Lipinski definition) is 5. The van der Waals surface area contributed by atoms with E-state index in [9.17, 15) is 0 Å². The molecule has 3 heterocycles. The highest BCUT2D eigenvalue weighted by Gasteiger charge is 2.17. The molecule has 0 radical (unpaired) electrons. The highest BCUT2D eigenvalue weighted by atomic mass is 16.5. The van der Waals surface area contributed by atoms with Crippen molar-refractivity contribution >= 4 is 0 Å². The van der Waals surface area contributed by atoms with Crippen molar-refractivity contribution in [2.75, 3.05) is 0 Å². The van der Waals surface area contributed by atoms with E-state index in [0.717, 1.165) is 59.4 Å². The Bertz CT molecular complexity index is 813. The van der Waals surface area contributed by atoms with E-state index in [1.165, 1.54) is 0 Å². The third-order valence-corrected chi connectivity index (χ3v) is 4.23. The summed E-state index contributed by atoms with van der Waals surface area (Å²) in [5.41, 5.74) is 3.03. The molecular weight excluding hydrogens is 292 g/mol. The van der Waals surface area contributed by atoms with Gasteiger partial charge < -0.3 is 13.8 Å². The topological polar surface area (TPSA) is 66.0 Å². The minimum Gasteiger partial charge on any atom is -0.486 e. The number of hydrogen-bond donors (Lipinski definition) is 0. The Morgan fingerprint density at radius 1 is 1.17 bits per heavy atom. The van der Waals surface area contributed by atoms with Gasteiger partial charge in [0.1, 0.15) is 23.9 Å². The fourth-order valence-electron chi connectivity index (χ4n) is 3.08. The monoisotopic (exact) mass is 310 g/mol. The van der Waals surface area contributed by atoms with E-state index in [1.54, 1.807) is 0 Å². The first kappa shape index (κ1) is 14.0. The lowest BCUT2D eigenvalue weighted by Crippen LogP contribution is -2.05. The maximum absolute atomic E-state index is 5.85. The zero-order valence-corrected chi connectivity index (χ0v) is 13.2. The molecule has 1 aliphatic heterocycles. The predicted molar refractivity (Wildman–Crippen MR) is 84.1 cm³/mol. The van der Waals surface area contributed by atoms with Gasteiger partial charge >= 0.3 is 0 Å². The number of aryl methyl sites for hydroxylation is 3. The Balaban J connectivity index is 1.48. The lowest BCUT2D eigenvalue weighted by molar-refractivity contribution is 0.289. The van der Waals surface area contributed by atoms with Crippen molar-refractivity contribution in [3.63, 3.8) is 0 Å². The van der Waals surface area contributed by atoms with Crippen LogP contribution in [-0.4, -0.2) is 19.9 Å². The fourth-order valence-corrected chi connectivity index (χ4v) is 3.08. The van der Waals surface area contributed by atoms with Gasteiger partial charge in [-0.1, -0.05) is 17.3 Å². The van der Waals surface area contributed by atoms with Crippen molar-refractivity contribution in [3.05, 3.63) is 47.4 Å². The van der Waals surface area contributed by atoms with Crippen LogP contribution < -0.4 is 4.74 Å². The SMILES string of the molecule is Cc1noc(C)c1-c1ccc(OCc2nnc3n2CCC3)cc1. The van der Waals surface area contributed by atoms with E-state index in [-0.39, 0.29) is 0 Å². The van der Waals surface area contributed by atoms with Crippen LogP contribution in [0.4, 0.5) is 0 Å². The van der Waals surface area contributed by atoms with Gasteiger partial charge in [-0.15, -0.1) is 10.2 Å².